The van der Waals surface area contributed by atoms with E-state index >= 15 is 0 Å². The van der Waals surface area contributed by atoms with Crippen molar-refractivity contribution in [2.24, 2.45) is 0 Å². The molecule has 4 rings (SSSR count). The van der Waals surface area contributed by atoms with Crippen molar-refractivity contribution >= 4 is 68.1 Å². The number of nitrogens with one attached hydrogen (secondary N) is 1. The summed E-state index contributed by atoms with van der Waals surface area (Å²) in [6.07, 6.45) is -8.11. The summed E-state index contributed by atoms with van der Waals surface area (Å²) in [6.45, 7) is 1.14. The minimum Gasteiger partial charge on any atom is -0.457 e. The lowest BCUT2D eigenvalue weighted by atomic mass is 10.1. The van der Waals surface area contributed by atoms with Crippen molar-refractivity contribution < 1.29 is 74.2 Å². The van der Waals surface area contributed by atoms with E-state index in [0.717, 1.165) is 34.2 Å². The van der Waals surface area contributed by atoms with Gasteiger partial charge in [0.15, 0.2) is 0 Å². The lowest BCUT2D eigenvalue weighted by Gasteiger charge is -2.17. The highest BCUT2D eigenvalue weighted by Crippen LogP contribution is 2.36. The summed E-state index contributed by atoms with van der Waals surface area (Å²) in [6, 6.07) is 25.2. The number of nitrogens with zero attached hydrogens (tertiary/aromatic N) is 2. The zero-order chi connectivity index (χ0) is 47.2. The molecule has 4 aromatic carbocycles. The molecule has 26 heteroatoms. The molecule has 0 amide bonds. The van der Waals surface area contributed by atoms with E-state index in [4.69, 9.17) is 32.0 Å². The zero-order valence-electron chi connectivity index (χ0n) is 32.7. The first-order chi connectivity index (χ1) is 28.2. The first kappa shape index (κ1) is 56.7. The highest BCUT2D eigenvalue weighted by Gasteiger charge is 2.58. The fourth-order valence-corrected chi connectivity index (χ4v) is 5.49. The van der Waals surface area contributed by atoms with Gasteiger partial charge < -0.3 is 25.0 Å². The van der Waals surface area contributed by atoms with Gasteiger partial charge in [0, 0.05) is 45.4 Å². The van der Waals surface area contributed by atoms with Gasteiger partial charge in [-0.05, 0) is 126 Å². The second-order valence-electron chi connectivity index (χ2n) is 11.9. The van der Waals surface area contributed by atoms with Crippen molar-refractivity contribution in [1.29, 1.82) is 0 Å². The molecule has 61 heavy (non-hydrogen) atoms. The molecule has 0 bridgehead atoms. The number of halogens is 9. The van der Waals surface area contributed by atoms with Crippen LogP contribution in [-0.4, -0.2) is 93.6 Å². The van der Waals surface area contributed by atoms with Crippen molar-refractivity contribution in [3.63, 3.8) is 0 Å². The molecule has 340 valence electrons. The number of nitrogens with two attached hydrogens (primary N) is 1. The molecule has 12 nitrogen and oxygen atoms in total. The number of hydrogen-bond acceptors (Lipinski definition) is 13. The third-order valence-corrected chi connectivity index (χ3v) is 9.17. The summed E-state index contributed by atoms with van der Waals surface area (Å²) >= 11 is 1.80. The van der Waals surface area contributed by atoms with Crippen molar-refractivity contribution in [3.05, 3.63) is 96.1 Å². The average Bonchev–Trinajstić information content (AvgIpc) is 3.14. The zero-order valence-corrected chi connectivity index (χ0v) is 36.8. The van der Waals surface area contributed by atoms with Gasteiger partial charge in [0.05, 0.1) is 0 Å². The van der Waals surface area contributed by atoms with Crippen LogP contribution in [-0.2, 0) is 46.3 Å². The van der Waals surface area contributed by atoms with Crippen molar-refractivity contribution in [1.82, 2.24) is 9.80 Å². The monoisotopic (exact) mass is 974 g/mol. The van der Waals surface area contributed by atoms with Gasteiger partial charge in [-0.25, -0.2) is 0 Å². The molecule has 0 saturated heterocycles. The van der Waals surface area contributed by atoms with Crippen LogP contribution >= 0.6 is 23.5 Å². The van der Waals surface area contributed by atoms with Crippen molar-refractivity contribution in [3.8, 4) is 23.0 Å². The topological polar surface area (TPSA) is 165 Å². The molecule has 4 aromatic rings. The van der Waals surface area contributed by atoms with Crippen LogP contribution in [0.15, 0.2) is 94.7 Å². The molecule has 0 atom stereocenters. The van der Waals surface area contributed by atoms with Crippen LogP contribution in [0.1, 0.15) is 11.1 Å². The van der Waals surface area contributed by atoms with E-state index in [2.05, 4.69) is 23.3 Å². The van der Waals surface area contributed by atoms with Crippen LogP contribution in [0, 0.1) is 0 Å². The molecule has 0 aromatic heterocycles. The molecule has 0 aliphatic carbocycles. The predicted octanol–water partition coefficient (Wildman–Crippen LogP) is 9.14. The Balaban J connectivity index is 0.000000922. The van der Waals surface area contributed by atoms with Gasteiger partial charge in [-0.15, -0.1) is 23.5 Å². The Morgan fingerprint density at radius 3 is 1.25 bits per heavy atom. The van der Waals surface area contributed by atoms with Crippen molar-refractivity contribution in [2.75, 3.05) is 51.2 Å². The summed E-state index contributed by atoms with van der Waals surface area (Å²) in [5, 5.41) is 0. The van der Waals surface area contributed by atoms with E-state index in [9.17, 15) is 47.9 Å². The first-order valence-corrected chi connectivity index (χ1v) is 21.5. The summed E-state index contributed by atoms with van der Waals surface area (Å²) in [7, 11) is 2.14. The van der Waals surface area contributed by atoms with Gasteiger partial charge in [0.1, 0.15) is 23.0 Å². The molecule has 0 spiro atoms. The normalized spacial score (nSPS) is 11.2. The number of alkyl halides is 9. The van der Waals surface area contributed by atoms with Gasteiger partial charge in [-0.2, -0.15) is 64.8 Å². The van der Waals surface area contributed by atoms with Gasteiger partial charge >= 0.3 is 51.0 Å². The number of hydrogen-bond donors (Lipinski definition) is 2. The Bertz CT molecular complexity index is 2090. The maximum absolute atomic E-state index is 12.6. The molecule has 0 aliphatic heterocycles. The largest absolute Gasteiger partial charge is 0.516 e. The van der Waals surface area contributed by atoms with E-state index in [1.807, 2.05) is 62.8 Å². The maximum atomic E-state index is 12.6. The molecular weight excluding hydrogens is 936 g/mol. The molecule has 0 saturated carbocycles. The van der Waals surface area contributed by atoms with Crippen LogP contribution in [0.2, 0.25) is 0 Å². The number of sulfonamides is 1. The Morgan fingerprint density at radius 1 is 0.590 bits per heavy atom. The Kier molecular flexibility index (Phi) is 25.0. The lowest BCUT2D eigenvalue weighted by molar-refractivity contribution is -0.339. The van der Waals surface area contributed by atoms with E-state index < -0.39 is 51.0 Å². The Hall–Kier alpha value is -4.34. The first-order valence-electron chi connectivity index (χ1n) is 16.2. The number of thioether (sulfide) groups is 2. The third kappa shape index (κ3) is 22.4. The van der Waals surface area contributed by atoms with E-state index in [0.29, 0.717) is 23.6 Å². The van der Waals surface area contributed by atoms with Crippen LogP contribution in [0.25, 0.3) is 0 Å². The van der Waals surface area contributed by atoms with E-state index in [1.165, 1.54) is 23.1 Å². The number of anilines is 2. The van der Waals surface area contributed by atoms with E-state index in [-0.39, 0.29) is 5.69 Å². The molecule has 0 heterocycles. The van der Waals surface area contributed by atoms with Crippen LogP contribution < -0.4 is 19.9 Å². The number of benzene rings is 4. The fourth-order valence-electron chi connectivity index (χ4n) is 4.12. The molecule has 0 fully saturated rings. The van der Waals surface area contributed by atoms with Crippen molar-refractivity contribution in [2.45, 2.75) is 40.7 Å². The molecule has 3 N–H and O–H groups in total. The van der Waals surface area contributed by atoms with Gasteiger partial charge in [-0.1, -0.05) is 0 Å². The number of nitrogen functional groups attached to an aromatic ring is 1. The molecule has 0 aliphatic rings. The van der Waals surface area contributed by atoms with Gasteiger partial charge in [-0.3, -0.25) is 4.72 Å². The summed E-state index contributed by atoms with van der Waals surface area (Å²) < 4.78 is 169. The molecule has 0 radical (unpaired) electrons. The quantitative estimate of drug-likeness (QED) is 0.0785. The highest BCUT2D eigenvalue weighted by atomic mass is 32.2. The molecule has 0 unspecified atom stereocenters. The van der Waals surface area contributed by atoms with Crippen LogP contribution in [0.5, 0.6) is 23.0 Å². The highest BCUT2D eigenvalue weighted by molar-refractivity contribution is 7.98. The SMILES string of the molecule is CSc1ccc(Oc2ccc(N)cc2CN(C)C)cc1.CSc1ccc(Oc2ccc(NS(=O)(=O)C(F)(F)F)cc2CN(C)C)cc1.FC(F)(F)C(F)(F)F.O=S=O.O=S=O. The average molecular weight is 975 g/mol. The second kappa shape index (κ2) is 26.9. The summed E-state index contributed by atoms with van der Waals surface area (Å²) in [4.78, 5) is 6.18. The van der Waals surface area contributed by atoms with Crippen LogP contribution in [0.3, 0.4) is 0 Å². The smallest absolute Gasteiger partial charge is 0.457 e. The number of rotatable bonds is 12. The van der Waals surface area contributed by atoms with Crippen LogP contribution in [0.4, 0.5) is 50.9 Å². The predicted molar refractivity (Wildman–Crippen MR) is 217 cm³/mol. The lowest BCUT2D eigenvalue weighted by Crippen LogP contribution is -2.30. The third-order valence-electron chi connectivity index (χ3n) is 6.57. The van der Waals surface area contributed by atoms with E-state index in [1.54, 1.807) is 59.4 Å². The van der Waals surface area contributed by atoms with Gasteiger partial charge in [0.2, 0.25) is 0 Å². The second-order valence-corrected chi connectivity index (χ2v) is 15.6. The minimum absolute atomic E-state index is 0.186. The fraction of sp³-hybridized carbons (Fsp3) is 0.314. The Morgan fingerprint density at radius 2 is 0.934 bits per heavy atom. The molecular formula is C35H39F9N4O8S5. The minimum atomic E-state index is -6.06. The summed E-state index contributed by atoms with van der Waals surface area (Å²) in [5.41, 5.74) is 2.67. The Labute approximate surface area is 361 Å². The summed E-state index contributed by atoms with van der Waals surface area (Å²) in [5.74, 6) is 2.68. The standard InChI is InChI=1S/C17H19F3N2O3S2.C16H20N2OS.C2F6.2O2S/c1-22(2)11-12-10-13(21-27(23,24)17(18,19)20)4-9-16(12)25-14-5-7-15(26-3)8-6-14;1-18(2)11-12-10-13(17)4-9-16(12)19-14-5-7-15(20-3)8-6-14;3-1(4,5)2(6,7)8;2*1-3-2/h4-10,21H,11H2,1-3H3;4-10H,11,17H2,1-3H3;;;. The maximum Gasteiger partial charge on any atom is 0.516 e. The number of ether oxygens (including phenoxy) is 2. The van der Waals surface area contributed by atoms with Gasteiger partial charge in [0.25, 0.3) is 0 Å².